The molecule has 1 atom stereocenters. The van der Waals surface area contributed by atoms with Crippen LogP contribution in [0.2, 0.25) is 0 Å². The van der Waals surface area contributed by atoms with Gasteiger partial charge in [0.2, 0.25) is 11.8 Å². The number of hydrogen-bond acceptors (Lipinski definition) is 4. The zero-order chi connectivity index (χ0) is 14.0. The fourth-order valence-electron chi connectivity index (χ4n) is 2.22. The molecule has 1 aromatic carbocycles. The quantitative estimate of drug-likeness (QED) is 0.762. The van der Waals surface area contributed by atoms with E-state index in [9.17, 15) is 14.4 Å². The Balaban J connectivity index is 2.34. The highest BCUT2D eigenvalue weighted by atomic mass is 16.6. The summed E-state index contributed by atoms with van der Waals surface area (Å²) < 4.78 is 4.74. The molecular weight excluding hydrogens is 246 g/mol. The van der Waals surface area contributed by atoms with E-state index in [0.29, 0.717) is 4.90 Å². The molecule has 0 spiro atoms. The number of ether oxygens (including phenoxy) is 1. The Morgan fingerprint density at radius 1 is 1.32 bits per heavy atom. The van der Waals surface area contributed by atoms with Gasteiger partial charge >= 0.3 is 6.09 Å². The van der Waals surface area contributed by atoms with E-state index in [1.807, 2.05) is 6.07 Å². The SMILES string of the molecule is CCOC(=O)N1C(=O)CC(C)(c2ccccc2)C1=O. The van der Waals surface area contributed by atoms with Crippen molar-refractivity contribution in [1.82, 2.24) is 4.90 Å². The number of amides is 3. The lowest BCUT2D eigenvalue weighted by molar-refractivity contribution is -0.137. The summed E-state index contributed by atoms with van der Waals surface area (Å²) in [5, 5.41) is 0. The second kappa shape index (κ2) is 4.84. The lowest BCUT2D eigenvalue weighted by Crippen LogP contribution is -2.40. The van der Waals surface area contributed by atoms with Gasteiger partial charge in [-0.3, -0.25) is 9.59 Å². The molecule has 0 bridgehead atoms. The predicted molar refractivity (Wildman–Crippen MR) is 67.3 cm³/mol. The van der Waals surface area contributed by atoms with Gasteiger partial charge in [0, 0.05) is 6.42 Å². The Kier molecular flexibility index (Phi) is 3.38. The topological polar surface area (TPSA) is 63.7 Å². The summed E-state index contributed by atoms with van der Waals surface area (Å²) in [6.07, 6.45) is -0.911. The number of carbonyl (C=O) groups is 3. The first kappa shape index (κ1) is 13.3. The van der Waals surface area contributed by atoms with Crippen molar-refractivity contribution in [3.8, 4) is 0 Å². The highest BCUT2D eigenvalue weighted by Gasteiger charge is 2.52. The van der Waals surface area contributed by atoms with Gasteiger partial charge in [-0.15, -0.1) is 0 Å². The van der Waals surface area contributed by atoms with Crippen LogP contribution in [0.4, 0.5) is 4.79 Å². The lowest BCUT2D eigenvalue weighted by Gasteiger charge is -2.21. The van der Waals surface area contributed by atoms with Gasteiger partial charge in [0.1, 0.15) is 0 Å². The summed E-state index contributed by atoms with van der Waals surface area (Å²) in [6.45, 7) is 3.42. The van der Waals surface area contributed by atoms with E-state index in [-0.39, 0.29) is 13.0 Å². The molecule has 1 heterocycles. The van der Waals surface area contributed by atoms with Crippen LogP contribution in [0.25, 0.3) is 0 Å². The van der Waals surface area contributed by atoms with E-state index in [1.165, 1.54) is 0 Å². The molecule has 1 aromatic rings. The zero-order valence-electron chi connectivity index (χ0n) is 10.9. The van der Waals surface area contributed by atoms with Gasteiger partial charge in [-0.05, 0) is 19.4 Å². The third-order valence-electron chi connectivity index (χ3n) is 3.29. The molecule has 0 aromatic heterocycles. The van der Waals surface area contributed by atoms with E-state index in [4.69, 9.17) is 4.74 Å². The third kappa shape index (κ3) is 2.12. The monoisotopic (exact) mass is 261 g/mol. The maximum absolute atomic E-state index is 12.4. The fourth-order valence-corrected chi connectivity index (χ4v) is 2.22. The first-order chi connectivity index (χ1) is 9.00. The Bertz CT molecular complexity index is 526. The van der Waals surface area contributed by atoms with Crippen LogP contribution in [-0.2, 0) is 19.7 Å². The van der Waals surface area contributed by atoms with Crippen LogP contribution in [0.5, 0.6) is 0 Å². The molecule has 2 rings (SSSR count). The maximum Gasteiger partial charge on any atom is 0.423 e. The highest BCUT2D eigenvalue weighted by Crippen LogP contribution is 2.36. The summed E-state index contributed by atoms with van der Waals surface area (Å²) in [5.74, 6) is -1.04. The summed E-state index contributed by atoms with van der Waals surface area (Å²) in [5.41, 5.74) is -0.273. The molecule has 0 N–H and O–H groups in total. The van der Waals surface area contributed by atoms with Crippen LogP contribution in [0.15, 0.2) is 30.3 Å². The Labute approximate surface area is 111 Å². The van der Waals surface area contributed by atoms with Gasteiger partial charge in [-0.25, -0.2) is 4.79 Å². The largest absolute Gasteiger partial charge is 0.449 e. The summed E-state index contributed by atoms with van der Waals surface area (Å²) in [4.78, 5) is 36.5. The van der Waals surface area contributed by atoms with Crippen molar-refractivity contribution in [1.29, 1.82) is 0 Å². The number of hydrogen-bond donors (Lipinski definition) is 0. The molecule has 1 unspecified atom stereocenters. The van der Waals surface area contributed by atoms with Crippen LogP contribution in [0, 0.1) is 0 Å². The molecule has 0 saturated carbocycles. The van der Waals surface area contributed by atoms with Gasteiger partial charge in [0.15, 0.2) is 0 Å². The smallest absolute Gasteiger partial charge is 0.423 e. The zero-order valence-corrected chi connectivity index (χ0v) is 10.9. The molecule has 5 nitrogen and oxygen atoms in total. The van der Waals surface area contributed by atoms with Crippen LogP contribution in [-0.4, -0.2) is 29.4 Å². The van der Waals surface area contributed by atoms with Crippen molar-refractivity contribution in [2.75, 3.05) is 6.61 Å². The minimum absolute atomic E-state index is 0.0192. The van der Waals surface area contributed by atoms with E-state index in [1.54, 1.807) is 38.1 Å². The van der Waals surface area contributed by atoms with E-state index in [0.717, 1.165) is 5.56 Å². The Morgan fingerprint density at radius 3 is 2.53 bits per heavy atom. The average molecular weight is 261 g/mol. The van der Waals surface area contributed by atoms with Crippen molar-refractivity contribution in [2.24, 2.45) is 0 Å². The first-order valence-electron chi connectivity index (χ1n) is 6.10. The molecule has 1 fully saturated rings. The standard InChI is InChI=1S/C14H15NO4/c1-3-19-13(18)15-11(16)9-14(2,12(15)17)10-7-5-4-6-8-10/h4-8H,3,9H2,1-2H3. The summed E-state index contributed by atoms with van der Waals surface area (Å²) in [7, 11) is 0. The second-order valence-electron chi connectivity index (χ2n) is 4.61. The lowest BCUT2D eigenvalue weighted by atomic mass is 9.81. The van der Waals surface area contributed by atoms with Gasteiger partial charge in [-0.2, -0.15) is 4.90 Å². The molecule has 1 aliphatic rings. The predicted octanol–water partition coefficient (Wildman–Crippen LogP) is 1.86. The highest BCUT2D eigenvalue weighted by molar-refractivity contribution is 6.18. The minimum Gasteiger partial charge on any atom is -0.449 e. The van der Waals surface area contributed by atoms with E-state index >= 15 is 0 Å². The molecule has 1 aliphatic heterocycles. The molecule has 100 valence electrons. The van der Waals surface area contributed by atoms with Crippen LogP contribution < -0.4 is 0 Å². The molecule has 0 radical (unpaired) electrons. The van der Waals surface area contributed by atoms with E-state index in [2.05, 4.69) is 0 Å². The van der Waals surface area contributed by atoms with Gasteiger partial charge in [0.05, 0.1) is 12.0 Å². The molecule has 19 heavy (non-hydrogen) atoms. The molecule has 5 heteroatoms. The number of rotatable bonds is 2. The number of carbonyl (C=O) groups excluding carboxylic acids is 3. The number of imide groups is 3. The number of likely N-dealkylation sites (tertiary alicyclic amines) is 1. The maximum atomic E-state index is 12.4. The molecular formula is C14H15NO4. The van der Waals surface area contributed by atoms with Gasteiger partial charge < -0.3 is 4.74 Å². The van der Waals surface area contributed by atoms with Gasteiger partial charge in [0.25, 0.3) is 0 Å². The minimum atomic E-state index is -0.995. The van der Waals surface area contributed by atoms with Crippen molar-refractivity contribution in [3.63, 3.8) is 0 Å². The normalized spacial score (nSPS) is 22.7. The fraction of sp³-hybridized carbons (Fsp3) is 0.357. The van der Waals surface area contributed by atoms with Crippen molar-refractivity contribution >= 4 is 17.9 Å². The van der Waals surface area contributed by atoms with Crippen molar-refractivity contribution < 1.29 is 19.1 Å². The number of nitrogens with zero attached hydrogens (tertiary/aromatic N) is 1. The first-order valence-corrected chi connectivity index (χ1v) is 6.10. The Hall–Kier alpha value is -2.17. The van der Waals surface area contributed by atoms with Crippen molar-refractivity contribution in [2.45, 2.75) is 25.7 Å². The van der Waals surface area contributed by atoms with Gasteiger partial charge in [-0.1, -0.05) is 30.3 Å². The number of benzene rings is 1. The second-order valence-corrected chi connectivity index (χ2v) is 4.61. The Morgan fingerprint density at radius 2 is 1.95 bits per heavy atom. The third-order valence-corrected chi connectivity index (χ3v) is 3.29. The molecule has 3 amide bonds. The summed E-state index contributed by atoms with van der Waals surface area (Å²) in [6, 6.07) is 8.98. The molecule has 1 saturated heterocycles. The van der Waals surface area contributed by atoms with E-state index < -0.39 is 23.3 Å². The summed E-state index contributed by atoms with van der Waals surface area (Å²) >= 11 is 0. The van der Waals surface area contributed by atoms with Crippen LogP contribution in [0.1, 0.15) is 25.8 Å². The molecule has 0 aliphatic carbocycles. The van der Waals surface area contributed by atoms with Crippen molar-refractivity contribution in [3.05, 3.63) is 35.9 Å². The average Bonchev–Trinajstić information content (AvgIpc) is 2.62. The van der Waals surface area contributed by atoms with Crippen LogP contribution >= 0.6 is 0 Å². The van der Waals surface area contributed by atoms with Crippen LogP contribution in [0.3, 0.4) is 0 Å².